The summed E-state index contributed by atoms with van der Waals surface area (Å²) in [7, 11) is 5.29. The molecule has 0 amide bonds. The Morgan fingerprint density at radius 2 is 2.17 bits per heavy atom. The summed E-state index contributed by atoms with van der Waals surface area (Å²) >= 11 is 0. The first-order chi connectivity index (χ1) is 8.63. The van der Waals surface area contributed by atoms with Crippen molar-refractivity contribution in [2.75, 3.05) is 25.6 Å². The zero-order chi connectivity index (χ0) is 13.1. The van der Waals surface area contributed by atoms with Crippen molar-refractivity contribution in [2.45, 2.75) is 6.42 Å². The summed E-state index contributed by atoms with van der Waals surface area (Å²) in [6.07, 6.45) is 0.357. The van der Waals surface area contributed by atoms with Gasteiger partial charge in [-0.2, -0.15) is 0 Å². The second kappa shape index (κ2) is 5.08. The third-order valence-electron chi connectivity index (χ3n) is 2.98. The molecule has 5 nitrogen and oxygen atoms in total. The van der Waals surface area contributed by atoms with Gasteiger partial charge in [0.1, 0.15) is 0 Å². The summed E-state index contributed by atoms with van der Waals surface area (Å²) in [5.74, 6) is 0.640. The third kappa shape index (κ3) is 2.30. The fraction of sp³-hybridized carbons (Fsp3) is 0.385. The number of carbonyl (C=O) groups is 1. The van der Waals surface area contributed by atoms with Crippen LogP contribution in [-0.2, 0) is 16.6 Å². The number of carbonyl (C=O) groups excluding carboxylic acids is 1. The molecule has 0 aliphatic carbocycles. The Balaban J connectivity index is 2.20. The van der Waals surface area contributed by atoms with Crippen LogP contribution in [-0.4, -0.2) is 36.2 Å². The van der Waals surface area contributed by atoms with Gasteiger partial charge in [0.15, 0.2) is 0 Å². The topological polar surface area (TPSA) is 47.4 Å². The van der Waals surface area contributed by atoms with Crippen molar-refractivity contribution in [3.05, 3.63) is 24.3 Å². The maximum atomic E-state index is 11.1. The molecule has 1 aromatic heterocycles. The molecule has 0 saturated heterocycles. The number of methoxy groups -OCH3 is 1. The normalized spacial score (nSPS) is 10.6. The molecule has 0 aliphatic heterocycles. The Morgan fingerprint density at radius 1 is 1.44 bits per heavy atom. The molecule has 2 aromatic rings. The van der Waals surface area contributed by atoms with Crippen LogP contribution in [0.2, 0.25) is 0 Å². The fourth-order valence-electron chi connectivity index (χ4n) is 1.94. The Bertz CT molecular complexity index is 562. The van der Waals surface area contributed by atoms with E-state index in [-0.39, 0.29) is 5.97 Å². The van der Waals surface area contributed by atoms with Crippen LogP contribution in [0, 0.1) is 0 Å². The van der Waals surface area contributed by atoms with Gasteiger partial charge in [0.25, 0.3) is 0 Å². The van der Waals surface area contributed by atoms with Gasteiger partial charge < -0.3 is 14.2 Å². The van der Waals surface area contributed by atoms with Crippen LogP contribution in [0.3, 0.4) is 0 Å². The van der Waals surface area contributed by atoms with Crippen molar-refractivity contribution in [2.24, 2.45) is 7.05 Å². The monoisotopic (exact) mass is 247 g/mol. The van der Waals surface area contributed by atoms with Crippen LogP contribution < -0.4 is 4.90 Å². The molecule has 18 heavy (non-hydrogen) atoms. The molecule has 2 rings (SSSR count). The number of para-hydroxylation sites is 2. The van der Waals surface area contributed by atoms with Gasteiger partial charge in [-0.05, 0) is 12.1 Å². The van der Waals surface area contributed by atoms with Gasteiger partial charge in [0.2, 0.25) is 5.95 Å². The highest BCUT2D eigenvalue weighted by molar-refractivity contribution is 5.78. The van der Waals surface area contributed by atoms with Crippen LogP contribution in [0.15, 0.2) is 24.3 Å². The lowest BCUT2D eigenvalue weighted by atomic mass is 10.3. The molecule has 0 N–H and O–H groups in total. The van der Waals surface area contributed by atoms with Crippen molar-refractivity contribution in [3.8, 4) is 0 Å². The van der Waals surface area contributed by atoms with Crippen LogP contribution >= 0.6 is 0 Å². The van der Waals surface area contributed by atoms with E-state index in [9.17, 15) is 4.79 Å². The summed E-state index contributed by atoms with van der Waals surface area (Å²) in [6.45, 7) is 0.587. The molecule has 0 spiro atoms. The SMILES string of the molecule is COC(=O)CCN(C)c1nc2ccccc2n1C. The minimum absolute atomic E-state index is 0.208. The van der Waals surface area contributed by atoms with Crippen LogP contribution in [0.25, 0.3) is 11.0 Å². The van der Waals surface area contributed by atoms with Crippen molar-refractivity contribution >= 4 is 23.0 Å². The quantitative estimate of drug-likeness (QED) is 0.769. The largest absolute Gasteiger partial charge is 0.469 e. The van der Waals surface area contributed by atoms with Gasteiger partial charge >= 0.3 is 5.97 Å². The fourth-order valence-corrected chi connectivity index (χ4v) is 1.94. The average Bonchev–Trinajstić information content (AvgIpc) is 2.73. The maximum Gasteiger partial charge on any atom is 0.307 e. The van der Waals surface area contributed by atoms with Crippen LogP contribution in [0.4, 0.5) is 5.95 Å². The molecular formula is C13H17N3O2. The molecule has 1 aromatic carbocycles. The highest BCUT2D eigenvalue weighted by atomic mass is 16.5. The highest BCUT2D eigenvalue weighted by Crippen LogP contribution is 2.20. The number of imidazole rings is 1. The number of fused-ring (bicyclic) bond motifs is 1. The van der Waals surface area contributed by atoms with E-state index in [1.807, 2.05) is 47.8 Å². The minimum Gasteiger partial charge on any atom is -0.469 e. The predicted octanol–water partition coefficient (Wildman–Crippen LogP) is 1.57. The van der Waals surface area contributed by atoms with Crippen molar-refractivity contribution in [1.82, 2.24) is 9.55 Å². The van der Waals surface area contributed by atoms with Gasteiger partial charge in [-0.25, -0.2) is 4.98 Å². The van der Waals surface area contributed by atoms with E-state index in [0.717, 1.165) is 17.0 Å². The lowest BCUT2D eigenvalue weighted by Gasteiger charge is -2.17. The van der Waals surface area contributed by atoms with Gasteiger partial charge in [-0.1, -0.05) is 12.1 Å². The van der Waals surface area contributed by atoms with Crippen LogP contribution in [0.1, 0.15) is 6.42 Å². The highest BCUT2D eigenvalue weighted by Gasteiger charge is 2.12. The number of rotatable bonds is 4. The summed E-state index contributed by atoms with van der Waals surface area (Å²) in [4.78, 5) is 17.6. The van der Waals surface area contributed by atoms with Gasteiger partial charge in [-0.15, -0.1) is 0 Å². The second-order valence-electron chi connectivity index (χ2n) is 4.21. The number of benzene rings is 1. The molecule has 0 radical (unpaired) electrons. The summed E-state index contributed by atoms with van der Waals surface area (Å²) in [6, 6.07) is 7.96. The first-order valence-electron chi connectivity index (χ1n) is 5.83. The molecule has 0 bridgehead atoms. The molecule has 96 valence electrons. The minimum atomic E-state index is -0.208. The zero-order valence-corrected chi connectivity index (χ0v) is 10.9. The lowest BCUT2D eigenvalue weighted by molar-refractivity contribution is -0.140. The van der Waals surface area contributed by atoms with E-state index < -0.39 is 0 Å². The molecule has 5 heteroatoms. The van der Waals surface area contributed by atoms with Crippen molar-refractivity contribution in [1.29, 1.82) is 0 Å². The average molecular weight is 247 g/mol. The summed E-state index contributed by atoms with van der Waals surface area (Å²) in [5, 5.41) is 0. The van der Waals surface area contributed by atoms with E-state index in [4.69, 9.17) is 0 Å². The first kappa shape index (κ1) is 12.4. The van der Waals surface area contributed by atoms with Crippen LogP contribution in [0.5, 0.6) is 0 Å². The molecule has 0 saturated carbocycles. The summed E-state index contributed by atoms with van der Waals surface area (Å²) < 4.78 is 6.65. The van der Waals surface area contributed by atoms with Gasteiger partial charge in [0.05, 0.1) is 24.6 Å². The molecule has 0 fully saturated rings. The Labute approximate surface area is 106 Å². The number of aryl methyl sites for hydroxylation is 1. The molecule has 0 atom stereocenters. The number of esters is 1. The van der Waals surface area contributed by atoms with Gasteiger partial charge in [0, 0.05) is 20.6 Å². The van der Waals surface area contributed by atoms with E-state index in [1.54, 1.807) is 0 Å². The number of hydrogen-bond donors (Lipinski definition) is 0. The number of ether oxygens (including phenoxy) is 1. The zero-order valence-electron chi connectivity index (χ0n) is 10.9. The van der Waals surface area contributed by atoms with E-state index in [1.165, 1.54) is 7.11 Å². The number of hydrogen-bond acceptors (Lipinski definition) is 4. The Hall–Kier alpha value is -2.04. The number of aromatic nitrogens is 2. The standard InChI is InChI=1S/C13H17N3O2/c1-15(9-8-12(17)18-3)13-14-10-6-4-5-7-11(10)16(13)2/h4-7H,8-9H2,1-3H3. The molecule has 0 aliphatic rings. The third-order valence-corrected chi connectivity index (χ3v) is 2.98. The summed E-state index contributed by atoms with van der Waals surface area (Å²) in [5.41, 5.74) is 2.04. The second-order valence-corrected chi connectivity index (χ2v) is 4.21. The molecule has 1 heterocycles. The molecule has 0 unspecified atom stereocenters. The maximum absolute atomic E-state index is 11.1. The van der Waals surface area contributed by atoms with E-state index >= 15 is 0 Å². The van der Waals surface area contributed by atoms with E-state index in [2.05, 4.69) is 9.72 Å². The first-order valence-corrected chi connectivity index (χ1v) is 5.83. The van der Waals surface area contributed by atoms with Crippen molar-refractivity contribution in [3.63, 3.8) is 0 Å². The Kier molecular flexibility index (Phi) is 3.50. The lowest BCUT2D eigenvalue weighted by Crippen LogP contribution is -2.24. The molecular weight excluding hydrogens is 230 g/mol. The number of nitrogens with zero attached hydrogens (tertiary/aromatic N) is 3. The number of anilines is 1. The van der Waals surface area contributed by atoms with Crippen molar-refractivity contribution < 1.29 is 9.53 Å². The Morgan fingerprint density at radius 3 is 2.83 bits per heavy atom. The smallest absolute Gasteiger partial charge is 0.307 e. The van der Waals surface area contributed by atoms with E-state index in [0.29, 0.717) is 13.0 Å². The van der Waals surface area contributed by atoms with Gasteiger partial charge in [-0.3, -0.25) is 4.79 Å². The predicted molar refractivity (Wildman–Crippen MR) is 70.6 cm³/mol.